The summed E-state index contributed by atoms with van der Waals surface area (Å²) in [5.74, 6) is 2.36. The first-order chi connectivity index (χ1) is 27.8. The third-order valence-corrected chi connectivity index (χ3v) is 10.5. The first-order valence-electron chi connectivity index (χ1n) is 17.4. The summed E-state index contributed by atoms with van der Waals surface area (Å²) in [6.45, 7) is 7.09. The Labute approximate surface area is 348 Å². The van der Waals surface area contributed by atoms with Gasteiger partial charge in [-0.1, -0.05) is 0 Å². The van der Waals surface area contributed by atoms with Crippen molar-refractivity contribution >= 4 is 55.1 Å². The van der Waals surface area contributed by atoms with Crippen molar-refractivity contribution < 1.29 is 36.5 Å². The third kappa shape index (κ3) is 13.3. The van der Waals surface area contributed by atoms with Gasteiger partial charge in [-0.3, -0.25) is 0 Å². The maximum absolute atomic E-state index is 12.1. The third-order valence-electron chi connectivity index (χ3n) is 7.83. The van der Waals surface area contributed by atoms with Gasteiger partial charge in [0.15, 0.2) is 11.5 Å². The second-order valence-electron chi connectivity index (χ2n) is 12.6. The van der Waals surface area contributed by atoms with E-state index in [-0.39, 0.29) is 33.1 Å². The molecule has 60 heavy (non-hydrogen) atoms. The van der Waals surface area contributed by atoms with Crippen LogP contribution >= 0.6 is 0 Å². The summed E-state index contributed by atoms with van der Waals surface area (Å²) in [5.41, 5.74) is 27.9. The number of aromatic nitrogens is 6. The van der Waals surface area contributed by atoms with Crippen LogP contribution in [0.1, 0.15) is 33.9 Å². The fourth-order valence-electron chi connectivity index (χ4n) is 5.22. The number of nitrogens with one attached hydrogen (secondary N) is 2. The summed E-state index contributed by atoms with van der Waals surface area (Å²) < 4.78 is 69.0. The zero-order valence-corrected chi connectivity index (χ0v) is 35.5. The number of benzene rings is 3. The number of nitrogen functional groups attached to an aromatic ring is 4. The Hall–Kier alpha value is -7.04. The molecule has 0 atom stereocenters. The summed E-state index contributed by atoms with van der Waals surface area (Å²) >= 11 is 0. The Morgan fingerprint density at radius 3 is 1.28 bits per heavy atom. The van der Waals surface area contributed by atoms with Crippen molar-refractivity contribution in [3.8, 4) is 17.2 Å². The summed E-state index contributed by atoms with van der Waals surface area (Å²) in [7, 11) is -2.68. The van der Waals surface area contributed by atoms with E-state index in [1.165, 1.54) is 48.5 Å². The lowest BCUT2D eigenvalue weighted by Gasteiger charge is -2.14. The van der Waals surface area contributed by atoms with Crippen LogP contribution in [0.25, 0.3) is 0 Å². The van der Waals surface area contributed by atoms with E-state index in [1.54, 1.807) is 67.4 Å². The minimum atomic E-state index is -3.69. The largest absolute Gasteiger partial charge is 0.493 e. The van der Waals surface area contributed by atoms with Crippen molar-refractivity contribution in [3.63, 3.8) is 0 Å². The Kier molecular flexibility index (Phi) is 16.2. The van der Waals surface area contributed by atoms with Crippen LogP contribution in [-0.2, 0) is 26.5 Å². The van der Waals surface area contributed by atoms with Crippen LogP contribution in [0.15, 0.2) is 88.8 Å². The van der Waals surface area contributed by atoms with E-state index in [0.717, 1.165) is 11.1 Å². The fraction of sp³-hybridized carbons (Fsp3) is 0.211. The summed E-state index contributed by atoms with van der Waals surface area (Å²) in [6.07, 6.45) is 2.14. The van der Waals surface area contributed by atoms with Crippen molar-refractivity contribution in [2.24, 2.45) is 0 Å². The lowest BCUT2D eigenvalue weighted by Crippen LogP contribution is -2.15. The van der Waals surface area contributed by atoms with Gasteiger partial charge in [-0.05, 0) is 106 Å². The number of nitrogens with two attached hydrogens (primary N) is 4. The standard InChI is InChI=1S/C14H18N4O3.2C12H14N4O2S.H2O/c1-19-10-5-8(6-11(20-2)12(10)21-3)4-9-7-17-14(16)18-13(9)15;2*1-8-7-9(2)15-12(14-8)16-19(17,18)11-5-3-10(13)4-6-11;/h5-7H,4H2,1-3H3,(H4,15,16,17,18);2*3-7H,13H2,1-2H3,(H,14,15,16);1H2. The molecule has 0 saturated heterocycles. The van der Waals surface area contributed by atoms with Gasteiger partial charge >= 0.3 is 0 Å². The SMILES string of the molecule is COc1cc(Cc2cnc(N)nc2N)cc(OC)c1OC.Cc1cc(C)nc(NS(=O)(=O)c2ccc(N)cc2)n1.Cc1cc(C)nc(NS(=O)(=O)c2ccc(N)cc2)n1.O. The van der Waals surface area contributed by atoms with Crippen LogP contribution in [0, 0.1) is 27.7 Å². The van der Waals surface area contributed by atoms with Crippen molar-refractivity contribution in [2.45, 2.75) is 43.9 Å². The van der Waals surface area contributed by atoms with Gasteiger partial charge in [0.2, 0.25) is 23.6 Å². The first kappa shape index (κ1) is 47.3. The zero-order valence-electron chi connectivity index (χ0n) is 33.9. The molecule has 0 unspecified atom stereocenters. The van der Waals surface area contributed by atoms with E-state index in [0.29, 0.717) is 63.6 Å². The van der Waals surface area contributed by atoms with Gasteiger partial charge in [0.25, 0.3) is 20.0 Å². The number of sulfonamides is 2. The quantitative estimate of drug-likeness (QED) is 0.102. The van der Waals surface area contributed by atoms with Gasteiger partial charge in [0, 0.05) is 52.3 Å². The van der Waals surface area contributed by atoms with Gasteiger partial charge in [-0.25, -0.2) is 51.2 Å². The molecule has 0 saturated carbocycles. The normalized spacial score (nSPS) is 10.7. The van der Waals surface area contributed by atoms with Crippen molar-refractivity contribution in [3.05, 3.63) is 113 Å². The van der Waals surface area contributed by atoms with Crippen LogP contribution in [0.5, 0.6) is 17.2 Å². The van der Waals surface area contributed by atoms with Crippen LogP contribution in [0.2, 0.25) is 0 Å². The molecule has 0 amide bonds. The van der Waals surface area contributed by atoms with E-state index in [1.807, 2.05) is 12.1 Å². The molecule has 6 aromatic rings. The summed E-state index contributed by atoms with van der Waals surface area (Å²) in [6, 6.07) is 19.1. The Morgan fingerprint density at radius 1 is 0.567 bits per heavy atom. The highest BCUT2D eigenvalue weighted by Crippen LogP contribution is 2.39. The van der Waals surface area contributed by atoms with E-state index in [9.17, 15) is 16.8 Å². The topological polar surface area (TPSA) is 333 Å². The van der Waals surface area contributed by atoms with Gasteiger partial charge in [-0.15, -0.1) is 0 Å². The average Bonchev–Trinajstić information content (AvgIpc) is 3.15. The fourth-order valence-corrected chi connectivity index (χ4v) is 7.11. The van der Waals surface area contributed by atoms with E-state index in [4.69, 9.17) is 37.1 Å². The molecular weight excluding hydrogens is 817 g/mol. The van der Waals surface area contributed by atoms with Crippen LogP contribution in [-0.4, -0.2) is 73.5 Å². The van der Waals surface area contributed by atoms with Crippen LogP contribution in [0.4, 0.5) is 35.0 Å². The number of methoxy groups -OCH3 is 3. The van der Waals surface area contributed by atoms with E-state index >= 15 is 0 Å². The first-order valence-corrected chi connectivity index (χ1v) is 20.4. The van der Waals surface area contributed by atoms with E-state index < -0.39 is 20.0 Å². The number of anilines is 6. The highest BCUT2D eigenvalue weighted by atomic mass is 32.2. The number of hydrogen-bond acceptors (Lipinski definition) is 17. The molecule has 0 fully saturated rings. The van der Waals surface area contributed by atoms with Crippen LogP contribution < -0.4 is 46.6 Å². The van der Waals surface area contributed by atoms with Crippen molar-refractivity contribution in [1.29, 1.82) is 0 Å². The molecule has 0 aliphatic carbocycles. The van der Waals surface area contributed by atoms with E-state index in [2.05, 4.69) is 39.3 Å². The molecule has 12 N–H and O–H groups in total. The molecule has 3 aromatic heterocycles. The van der Waals surface area contributed by atoms with Crippen molar-refractivity contribution in [1.82, 2.24) is 29.9 Å². The number of hydrogen-bond donors (Lipinski definition) is 6. The maximum Gasteiger partial charge on any atom is 0.264 e. The lowest BCUT2D eigenvalue weighted by molar-refractivity contribution is 0.324. The molecule has 3 aromatic carbocycles. The van der Waals surface area contributed by atoms with Crippen molar-refractivity contribution in [2.75, 3.05) is 53.7 Å². The molecule has 3 heterocycles. The number of ether oxygens (including phenoxy) is 3. The second-order valence-corrected chi connectivity index (χ2v) is 16.0. The Balaban J connectivity index is 0.000000239. The van der Waals surface area contributed by atoms with Gasteiger partial charge in [-0.2, -0.15) is 4.98 Å². The molecule has 0 bridgehead atoms. The molecule has 0 radical (unpaired) electrons. The summed E-state index contributed by atoms with van der Waals surface area (Å²) in [5, 5.41) is 0. The molecule has 0 aliphatic heterocycles. The van der Waals surface area contributed by atoms with Gasteiger partial charge in [0.1, 0.15) is 5.82 Å². The highest BCUT2D eigenvalue weighted by molar-refractivity contribution is 7.93. The molecule has 320 valence electrons. The predicted molar refractivity (Wildman–Crippen MR) is 230 cm³/mol. The minimum Gasteiger partial charge on any atom is -0.493 e. The number of rotatable bonds is 11. The van der Waals surface area contributed by atoms with Gasteiger partial charge in [0.05, 0.1) is 31.1 Å². The smallest absolute Gasteiger partial charge is 0.264 e. The molecule has 0 spiro atoms. The molecule has 0 aliphatic rings. The second kappa shape index (κ2) is 20.6. The highest BCUT2D eigenvalue weighted by Gasteiger charge is 2.18. The Morgan fingerprint density at radius 2 is 0.950 bits per heavy atom. The Bertz CT molecular complexity index is 2430. The maximum atomic E-state index is 12.1. The van der Waals surface area contributed by atoms with Gasteiger partial charge < -0.3 is 42.6 Å². The number of aryl methyl sites for hydroxylation is 4. The predicted octanol–water partition coefficient (Wildman–Crippen LogP) is 3.39. The molecular formula is C38H48N12O8S2. The average molecular weight is 865 g/mol. The molecule has 6 rings (SSSR count). The zero-order chi connectivity index (χ0) is 43.5. The minimum absolute atomic E-state index is 0. The molecule has 20 nitrogen and oxygen atoms in total. The lowest BCUT2D eigenvalue weighted by atomic mass is 10.1. The molecule has 22 heteroatoms. The number of nitrogens with zero attached hydrogens (tertiary/aromatic N) is 6. The summed E-state index contributed by atoms with van der Waals surface area (Å²) in [4.78, 5) is 24.3. The van der Waals surface area contributed by atoms with Crippen LogP contribution in [0.3, 0.4) is 0 Å². The monoisotopic (exact) mass is 864 g/mol.